The molecule has 0 aliphatic carbocycles. The number of hydrogen-bond acceptors (Lipinski definition) is 2. The fourth-order valence-electron chi connectivity index (χ4n) is 1.07. The lowest BCUT2D eigenvalue weighted by atomic mass is 10.1. The predicted octanol–water partition coefficient (Wildman–Crippen LogP) is 2.09. The van der Waals surface area contributed by atoms with Crippen LogP contribution in [0.5, 0.6) is 5.75 Å². The Labute approximate surface area is 84.1 Å². The molecule has 0 saturated heterocycles. The van der Waals surface area contributed by atoms with Crippen LogP contribution in [0.25, 0.3) is 0 Å². The van der Waals surface area contributed by atoms with Gasteiger partial charge in [-0.15, -0.1) is 0 Å². The van der Waals surface area contributed by atoms with Gasteiger partial charge < -0.3 is 10.2 Å². The van der Waals surface area contributed by atoms with Gasteiger partial charge >= 0.3 is 5.97 Å². The molecular formula is C9H9BrO3. The fraction of sp³-hybridized carbons (Fsp3) is 0.222. The summed E-state index contributed by atoms with van der Waals surface area (Å²) in [5, 5.41) is 17.8. The molecule has 0 aliphatic rings. The summed E-state index contributed by atoms with van der Waals surface area (Å²) < 4.78 is 0.561. The van der Waals surface area contributed by atoms with Crippen molar-refractivity contribution in [1.29, 1.82) is 0 Å². The zero-order valence-corrected chi connectivity index (χ0v) is 8.63. The highest BCUT2D eigenvalue weighted by Gasteiger charge is 2.09. The Kier molecular flexibility index (Phi) is 2.93. The maximum absolute atomic E-state index is 10.4. The van der Waals surface area contributed by atoms with Crippen molar-refractivity contribution in [3.05, 3.63) is 27.7 Å². The van der Waals surface area contributed by atoms with E-state index in [9.17, 15) is 9.90 Å². The third kappa shape index (κ3) is 2.21. The smallest absolute Gasteiger partial charge is 0.307 e. The molecule has 70 valence electrons. The second kappa shape index (κ2) is 3.79. The Hall–Kier alpha value is -1.03. The summed E-state index contributed by atoms with van der Waals surface area (Å²) in [6.07, 6.45) is -0.0231. The fourth-order valence-corrected chi connectivity index (χ4v) is 1.45. The summed E-state index contributed by atoms with van der Waals surface area (Å²) in [7, 11) is 0. The molecule has 2 N–H and O–H groups in total. The van der Waals surface area contributed by atoms with Crippen molar-refractivity contribution in [2.75, 3.05) is 0 Å². The number of benzene rings is 1. The van der Waals surface area contributed by atoms with Gasteiger partial charge in [-0.05, 0) is 40.0 Å². The van der Waals surface area contributed by atoms with Gasteiger partial charge in [0.2, 0.25) is 0 Å². The Morgan fingerprint density at radius 2 is 2.15 bits per heavy atom. The molecule has 0 unspecified atom stereocenters. The molecule has 4 heteroatoms. The molecule has 13 heavy (non-hydrogen) atoms. The van der Waals surface area contributed by atoms with Crippen molar-refractivity contribution in [3.8, 4) is 5.75 Å². The number of aromatic hydroxyl groups is 1. The van der Waals surface area contributed by atoms with E-state index < -0.39 is 5.97 Å². The maximum atomic E-state index is 10.4. The van der Waals surface area contributed by atoms with Crippen LogP contribution in [-0.2, 0) is 11.2 Å². The van der Waals surface area contributed by atoms with E-state index in [2.05, 4.69) is 15.9 Å². The van der Waals surface area contributed by atoms with E-state index in [-0.39, 0.29) is 12.2 Å². The molecular weight excluding hydrogens is 236 g/mol. The molecule has 0 fully saturated rings. The number of rotatable bonds is 2. The van der Waals surface area contributed by atoms with Crippen LogP contribution in [0.2, 0.25) is 0 Å². The number of hydrogen-bond donors (Lipinski definition) is 2. The average molecular weight is 245 g/mol. The molecule has 0 aromatic heterocycles. The first-order chi connectivity index (χ1) is 6.02. The van der Waals surface area contributed by atoms with E-state index in [4.69, 9.17) is 5.11 Å². The lowest BCUT2D eigenvalue weighted by Gasteiger charge is -2.06. The minimum atomic E-state index is -0.874. The second-order valence-corrected chi connectivity index (χ2v) is 3.55. The number of aliphatic carboxylic acids is 1. The third-order valence-electron chi connectivity index (χ3n) is 1.82. The number of phenols is 1. The number of phenolic OH excluding ortho intramolecular Hbond substituents is 1. The zero-order chi connectivity index (χ0) is 10.0. The zero-order valence-electron chi connectivity index (χ0n) is 7.04. The van der Waals surface area contributed by atoms with Gasteiger partial charge in [0.1, 0.15) is 5.75 Å². The van der Waals surface area contributed by atoms with Crippen LogP contribution in [-0.4, -0.2) is 16.2 Å². The summed E-state index contributed by atoms with van der Waals surface area (Å²) in [6.45, 7) is 1.77. The van der Waals surface area contributed by atoms with E-state index in [1.165, 1.54) is 6.07 Å². The molecule has 0 atom stereocenters. The van der Waals surface area contributed by atoms with E-state index in [0.29, 0.717) is 10.0 Å². The van der Waals surface area contributed by atoms with Crippen molar-refractivity contribution < 1.29 is 15.0 Å². The van der Waals surface area contributed by atoms with Gasteiger partial charge in [-0.1, -0.05) is 6.07 Å². The van der Waals surface area contributed by atoms with Crippen LogP contribution in [0.15, 0.2) is 16.6 Å². The van der Waals surface area contributed by atoms with Crippen LogP contribution in [0.1, 0.15) is 11.1 Å². The van der Waals surface area contributed by atoms with Gasteiger partial charge in [-0.2, -0.15) is 0 Å². The van der Waals surface area contributed by atoms with E-state index in [1.54, 1.807) is 13.0 Å². The molecule has 0 heterocycles. The monoisotopic (exact) mass is 244 g/mol. The maximum Gasteiger partial charge on any atom is 0.307 e. The predicted molar refractivity (Wildman–Crippen MR) is 51.9 cm³/mol. The molecule has 1 aromatic carbocycles. The lowest BCUT2D eigenvalue weighted by molar-refractivity contribution is -0.136. The van der Waals surface area contributed by atoms with Gasteiger partial charge in [0.05, 0.1) is 10.9 Å². The molecule has 0 bridgehead atoms. The van der Waals surface area contributed by atoms with Gasteiger partial charge in [0.15, 0.2) is 0 Å². The minimum Gasteiger partial charge on any atom is -0.507 e. The quantitative estimate of drug-likeness (QED) is 0.838. The van der Waals surface area contributed by atoms with Crippen LogP contribution in [0, 0.1) is 6.92 Å². The standard InChI is InChI=1S/C9H9BrO3/c1-5-6(4-8(12)13)2-3-7(11)9(5)10/h2-3,11H,4H2,1H3,(H,12,13). The number of halogens is 1. The first kappa shape index (κ1) is 10.1. The number of carboxylic acid groups (broad SMARTS) is 1. The van der Waals surface area contributed by atoms with Crippen LogP contribution < -0.4 is 0 Å². The van der Waals surface area contributed by atoms with Crippen LogP contribution in [0.4, 0.5) is 0 Å². The molecule has 0 saturated carbocycles. The van der Waals surface area contributed by atoms with E-state index >= 15 is 0 Å². The van der Waals surface area contributed by atoms with Crippen LogP contribution in [0.3, 0.4) is 0 Å². The first-order valence-electron chi connectivity index (χ1n) is 3.71. The van der Waals surface area contributed by atoms with Crippen molar-refractivity contribution in [2.45, 2.75) is 13.3 Å². The molecule has 1 rings (SSSR count). The second-order valence-electron chi connectivity index (χ2n) is 2.75. The van der Waals surface area contributed by atoms with Crippen molar-refractivity contribution in [3.63, 3.8) is 0 Å². The first-order valence-corrected chi connectivity index (χ1v) is 4.50. The summed E-state index contributed by atoms with van der Waals surface area (Å²) in [5.74, 6) is -0.743. The topological polar surface area (TPSA) is 57.5 Å². The van der Waals surface area contributed by atoms with Crippen LogP contribution >= 0.6 is 15.9 Å². The van der Waals surface area contributed by atoms with Gasteiger partial charge in [0, 0.05) is 0 Å². The van der Waals surface area contributed by atoms with Crippen molar-refractivity contribution in [2.24, 2.45) is 0 Å². The highest BCUT2D eigenvalue weighted by atomic mass is 79.9. The molecule has 1 aromatic rings. The van der Waals surface area contributed by atoms with Crippen molar-refractivity contribution in [1.82, 2.24) is 0 Å². The third-order valence-corrected chi connectivity index (χ3v) is 2.82. The van der Waals surface area contributed by atoms with E-state index in [1.807, 2.05) is 0 Å². The molecule has 3 nitrogen and oxygen atoms in total. The largest absolute Gasteiger partial charge is 0.507 e. The normalized spacial score (nSPS) is 10.0. The van der Waals surface area contributed by atoms with E-state index in [0.717, 1.165) is 5.56 Å². The number of carboxylic acids is 1. The molecule has 0 aliphatic heterocycles. The molecule has 0 radical (unpaired) electrons. The lowest BCUT2D eigenvalue weighted by Crippen LogP contribution is -2.02. The Morgan fingerprint density at radius 3 is 2.69 bits per heavy atom. The molecule has 0 amide bonds. The average Bonchev–Trinajstić information content (AvgIpc) is 2.06. The Bertz CT molecular complexity index is 347. The Morgan fingerprint density at radius 1 is 1.54 bits per heavy atom. The van der Waals surface area contributed by atoms with Gasteiger partial charge in [0.25, 0.3) is 0 Å². The highest BCUT2D eigenvalue weighted by Crippen LogP contribution is 2.29. The van der Waals surface area contributed by atoms with Gasteiger partial charge in [-0.25, -0.2) is 0 Å². The summed E-state index contributed by atoms with van der Waals surface area (Å²) >= 11 is 3.18. The summed E-state index contributed by atoms with van der Waals surface area (Å²) in [5.41, 5.74) is 1.47. The highest BCUT2D eigenvalue weighted by molar-refractivity contribution is 9.10. The van der Waals surface area contributed by atoms with Gasteiger partial charge in [-0.3, -0.25) is 4.79 Å². The molecule has 0 spiro atoms. The SMILES string of the molecule is Cc1c(CC(=O)O)ccc(O)c1Br. The Balaban J connectivity index is 3.10. The van der Waals surface area contributed by atoms with Crippen molar-refractivity contribution >= 4 is 21.9 Å². The number of carbonyl (C=O) groups is 1. The minimum absolute atomic E-state index is 0.0231. The summed E-state index contributed by atoms with van der Waals surface area (Å²) in [4.78, 5) is 10.4. The summed E-state index contributed by atoms with van der Waals surface area (Å²) in [6, 6.07) is 3.10.